The van der Waals surface area contributed by atoms with E-state index in [1.54, 1.807) is 0 Å². The zero-order chi connectivity index (χ0) is 13.5. The first-order valence-electron chi connectivity index (χ1n) is 5.10. The summed E-state index contributed by atoms with van der Waals surface area (Å²) in [5, 5.41) is 28.6. The van der Waals surface area contributed by atoms with E-state index in [1.807, 2.05) is 4.98 Å². The molecule has 2 heterocycles. The molecule has 0 aliphatic carbocycles. The molecule has 1 aliphatic rings. The van der Waals surface area contributed by atoms with Crippen molar-refractivity contribution >= 4 is 0 Å². The molecule has 3 atom stereocenters. The number of aromatic amines is 1. The van der Waals surface area contributed by atoms with Gasteiger partial charge in [-0.1, -0.05) is 0 Å². The lowest BCUT2D eigenvalue weighted by molar-refractivity contribution is -0.0950. The van der Waals surface area contributed by atoms with Crippen LogP contribution in [0.4, 0.5) is 0 Å². The molecule has 0 radical (unpaired) electrons. The average molecular weight is 256 g/mol. The fraction of sp³-hybridized carbons (Fsp3) is 0.400. The van der Waals surface area contributed by atoms with Crippen LogP contribution < -0.4 is 11.2 Å². The topological polar surface area (TPSA) is 125 Å². The summed E-state index contributed by atoms with van der Waals surface area (Å²) in [5.41, 5.74) is -3.21. The van der Waals surface area contributed by atoms with Crippen LogP contribution in [0, 0.1) is 0 Å². The monoisotopic (exact) mass is 256 g/mol. The maximum atomic E-state index is 11.6. The summed E-state index contributed by atoms with van der Waals surface area (Å²) in [7, 11) is 0. The SMILES string of the molecule is C[C@@]1(O)[C@H](O)/C(=C\O)O[C@H]1n1ccc(=O)[nH]c1=O. The van der Waals surface area contributed by atoms with E-state index in [1.165, 1.54) is 6.92 Å². The Labute approximate surface area is 100 Å². The van der Waals surface area contributed by atoms with Crippen molar-refractivity contribution in [3.8, 4) is 0 Å². The third-order valence-electron chi connectivity index (χ3n) is 2.80. The molecule has 1 aliphatic heterocycles. The normalized spacial score (nSPS) is 33.6. The largest absolute Gasteiger partial charge is 0.512 e. The second-order valence-electron chi connectivity index (χ2n) is 4.15. The molecule has 18 heavy (non-hydrogen) atoms. The van der Waals surface area contributed by atoms with Crippen LogP contribution in [0.3, 0.4) is 0 Å². The number of H-pyrrole nitrogens is 1. The molecule has 4 N–H and O–H groups in total. The number of hydrogen-bond donors (Lipinski definition) is 4. The van der Waals surface area contributed by atoms with E-state index in [-0.39, 0.29) is 5.76 Å². The van der Waals surface area contributed by atoms with Gasteiger partial charge in [0.1, 0.15) is 12.4 Å². The van der Waals surface area contributed by atoms with Gasteiger partial charge in [0.15, 0.2) is 11.4 Å². The molecule has 1 saturated heterocycles. The van der Waals surface area contributed by atoms with Crippen LogP contribution in [-0.2, 0) is 4.74 Å². The molecule has 1 fully saturated rings. The zero-order valence-corrected chi connectivity index (χ0v) is 9.40. The molecule has 0 bridgehead atoms. The summed E-state index contributed by atoms with van der Waals surface area (Å²) in [6.07, 6.45) is -1.09. The lowest BCUT2D eigenvalue weighted by Gasteiger charge is -2.25. The first-order valence-corrected chi connectivity index (χ1v) is 5.10. The zero-order valence-electron chi connectivity index (χ0n) is 9.40. The van der Waals surface area contributed by atoms with Gasteiger partial charge in [-0.05, 0) is 6.92 Å². The fourth-order valence-electron chi connectivity index (χ4n) is 1.79. The fourth-order valence-corrected chi connectivity index (χ4v) is 1.79. The van der Waals surface area contributed by atoms with Crippen molar-refractivity contribution in [3.63, 3.8) is 0 Å². The van der Waals surface area contributed by atoms with Crippen LogP contribution in [0.1, 0.15) is 13.2 Å². The molecule has 0 aromatic carbocycles. The highest BCUT2D eigenvalue weighted by Crippen LogP contribution is 2.39. The number of aromatic nitrogens is 2. The van der Waals surface area contributed by atoms with Crippen LogP contribution in [0.5, 0.6) is 0 Å². The first kappa shape index (κ1) is 12.4. The second-order valence-corrected chi connectivity index (χ2v) is 4.15. The van der Waals surface area contributed by atoms with Crippen molar-refractivity contribution in [2.45, 2.75) is 24.9 Å². The molecule has 0 amide bonds. The van der Waals surface area contributed by atoms with Gasteiger partial charge in [-0.15, -0.1) is 0 Å². The Balaban J connectivity index is 2.52. The van der Waals surface area contributed by atoms with Crippen LogP contribution >= 0.6 is 0 Å². The maximum absolute atomic E-state index is 11.6. The number of hydrogen-bond acceptors (Lipinski definition) is 6. The number of rotatable bonds is 1. The third kappa shape index (κ3) is 1.71. The minimum atomic E-state index is -1.82. The highest BCUT2D eigenvalue weighted by molar-refractivity contribution is 5.13. The minimum Gasteiger partial charge on any atom is -0.512 e. The molecule has 8 heteroatoms. The molecular weight excluding hydrogens is 244 g/mol. The van der Waals surface area contributed by atoms with Gasteiger partial charge in [-0.25, -0.2) is 4.79 Å². The van der Waals surface area contributed by atoms with E-state index in [0.29, 0.717) is 6.26 Å². The number of aliphatic hydroxyl groups excluding tert-OH is 2. The van der Waals surface area contributed by atoms with E-state index in [0.717, 1.165) is 16.8 Å². The van der Waals surface area contributed by atoms with E-state index in [2.05, 4.69) is 0 Å². The highest BCUT2D eigenvalue weighted by Gasteiger charge is 2.51. The maximum Gasteiger partial charge on any atom is 0.331 e. The van der Waals surface area contributed by atoms with E-state index < -0.39 is 29.2 Å². The molecule has 2 rings (SSSR count). The lowest BCUT2D eigenvalue weighted by atomic mass is 9.99. The van der Waals surface area contributed by atoms with E-state index in [9.17, 15) is 19.8 Å². The Morgan fingerprint density at radius 3 is 2.72 bits per heavy atom. The Morgan fingerprint density at radius 1 is 1.56 bits per heavy atom. The van der Waals surface area contributed by atoms with Crippen LogP contribution in [0.2, 0.25) is 0 Å². The van der Waals surface area contributed by atoms with Crippen molar-refractivity contribution in [2.24, 2.45) is 0 Å². The predicted octanol–water partition coefficient (Wildman–Crippen LogP) is -1.42. The summed E-state index contributed by atoms with van der Waals surface area (Å²) in [6.45, 7) is 1.25. The third-order valence-corrected chi connectivity index (χ3v) is 2.80. The quantitative estimate of drug-likeness (QED) is 0.457. The number of nitrogens with one attached hydrogen (secondary N) is 1. The van der Waals surface area contributed by atoms with Gasteiger partial charge in [0, 0.05) is 12.3 Å². The van der Waals surface area contributed by atoms with Crippen molar-refractivity contribution in [2.75, 3.05) is 0 Å². The van der Waals surface area contributed by atoms with Gasteiger partial charge in [-0.2, -0.15) is 0 Å². The number of nitrogens with zero attached hydrogens (tertiary/aromatic N) is 1. The molecule has 1 aromatic rings. The Bertz CT molecular complexity index is 599. The van der Waals surface area contributed by atoms with E-state index >= 15 is 0 Å². The summed E-state index contributed by atoms with van der Waals surface area (Å²) >= 11 is 0. The summed E-state index contributed by atoms with van der Waals surface area (Å²) in [6, 6.07) is 1.08. The predicted molar refractivity (Wildman–Crippen MR) is 58.8 cm³/mol. The summed E-state index contributed by atoms with van der Waals surface area (Å²) in [4.78, 5) is 24.5. The Kier molecular flexibility index (Phi) is 2.76. The van der Waals surface area contributed by atoms with Gasteiger partial charge >= 0.3 is 5.69 Å². The number of ether oxygens (including phenoxy) is 1. The van der Waals surface area contributed by atoms with Gasteiger partial charge in [0.25, 0.3) is 5.56 Å². The van der Waals surface area contributed by atoms with Crippen LogP contribution in [0.15, 0.2) is 33.9 Å². The van der Waals surface area contributed by atoms with Crippen molar-refractivity contribution in [1.29, 1.82) is 0 Å². The molecule has 8 nitrogen and oxygen atoms in total. The van der Waals surface area contributed by atoms with Crippen LogP contribution in [-0.4, -0.2) is 36.6 Å². The molecule has 98 valence electrons. The summed E-state index contributed by atoms with van der Waals surface area (Å²) in [5.74, 6) is -0.261. The van der Waals surface area contributed by atoms with E-state index in [4.69, 9.17) is 9.84 Å². The smallest absolute Gasteiger partial charge is 0.331 e. The number of aliphatic hydroxyl groups is 3. The minimum absolute atomic E-state index is 0.261. The molecule has 0 spiro atoms. The van der Waals surface area contributed by atoms with Gasteiger partial charge < -0.3 is 20.1 Å². The Hall–Kier alpha value is -2.06. The van der Waals surface area contributed by atoms with Gasteiger partial charge in [-0.3, -0.25) is 14.3 Å². The molecular formula is C10H12N2O6. The van der Waals surface area contributed by atoms with Crippen molar-refractivity contribution < 1.29 is 20.1 Å². The second kappa shape index (κ2) is 4.00. The van der Waals surface area contributed by atoms with Crippen molar-refractivity contribution in [3.05, 3.63) is 45.1 Å². The standard InChI is InChI=1S/C10H12N2O6/c1-10(17)7(15)5(4-13)18-8(10)12-3-2-6(14)11-9(12)16/h2-4,7-8,13,15,17H,1H3,(H,11,14,16)/b5-4+/t7-,8-,10-/m1/s1. The summed E-state index contributed by atoms with van der Waals surface area (Å²) < 4.78 is 6.01. The average Bonchev–Trinajstić information content (AvgIpc) is 2.52. The molecule has 0 saturated carbocycles. The van der Waals surface area contributed by atoms with Gasteiger partial charge in [0.2, 0.25) is 6.23 Å². The van der Waals surface area contributed by atoms with Crippen LogP contribution in [0.25, 0.3) is 0 Å². The first-order chi connectivity index (χ1) is 8.37. The molecule has 1 aromatic heterocycles. The van der Waals surface area contributed by atoms with Gasteiger partial charge in [0.05, 0.1) is 0 Å². The Morgan fingerprint density at radius 2 is 2.22 bits per heavy atom. The van der Waals surface area contributed by atoms with Crippen molar-refractivity contribution in [1.82, 2.24) is 9.55 Å². The highest BCUT2D eigenvalue weighted by atomic mass is 16.6. The lowest BCUT2D eigenvalue weighted by Crippen LogP contribution is -2.45. The molecule has 0 unspecified atom stereocenters.